The fourth-order valence-corrected chi connectivity index (χ4v) is 10.7. The van der Waals surface area contributed by atoms with Gasteiger partial charge in [0.05, 0.1) is 52.6 Å². The second-order valence-electron chi connectivity index (χ2n) is 29.2. The van der Waals surface area contributed by atoms with Crippen molar-refractivity contribution < 1.29 is 84.5 Å². The fraction of sp³-hybridized carbons (Fsp3) is 0.380. The van der Waals surface area contributed by atoms with E-state index in [0.717, 1.165) is 58.7 Å². The molecule has 0 aliphatic carbocycles. The third-order valence-electron chi connectivity index (χ3n) is 16.1. The van der Waals surface area contributed by atoms with Gasteiger partial charge >= 0.3 is 6.18 Å². The average molecular weight is 1830 g/mol. The smallest absolute Gasteiger partial charge is 0.418 e. The number of allylic oxidation sites excluding steroid dienone is 2. The van der Waals surface area contributed by atoms with E-state index in [-0.39, 0.29) is 90.2 Å². The van der Waals surface area contributed by atoms with Gasteiger partial charge in [0.25, 0.3) is 18.6 Å². The molecule has 124 heavy (non-hydrogen) atoms. The first kappa shape index (κ1) is 112. The zero-order chi connectivity index (χ0) is 94.3. The third kappa shape index (κ3) is 44.2. The van der Waals surface area contributed by atoms with Crippen molar-refractivity contribution in [1.29, 1.82) is 0 Å². The summed E-state index contributed by atoms with van der Waals surface area (Å²) in [5.41, 5.74) is 8.72. The molecular weight excluding hydrogens is 1720 g/mol. The Morgan fingerprint density at radius 2 is 0.645 bits per heavy atom. The molecule has 0 aromatic carbocycles. The molecule has 9 heterocycles. The predicted octanol–water partition coefficient (Wildman–Crippen LogP) is 31.7. The SMILES string of the molecule is C/C=C/c1ccc(C(C)C)nc1.C/C=C/c1cnc(C(C)C)c(F)c1.CC(C)c1ccc(C=C(Cl)Cl)cn1.CC(C)c1ccc(C=C(F)F)cn1.CC(C)c1ncc(C=C(Cl)Cl)cc1F.CC(C)c1ncc(C=C(F)F)cc1F.CC(C)c1ncc(OCF)cc1C(F)(F)F.CC(C)c1ncc(OCF)cc1C(F)F.CC(C)c1ncc(OCF)cc1CF. The maximum absolute atomic E-state index is 13.4. The van der Waals surface area contributed by atoms with Crippen LogP contribution in [0, 0.1) is 17.5 Å². The Kier molecular flexibility index (Phi) is 53.6. The Morgan fingerprint density at radius 1 is 0.347 bits per heavy atom. The van der Waals surface area contributed by atoms with E-state index >= 15 is 0 Å². The van der Waals surface area contributed by atoms with Crippen molar-refractivity contribution in [3.8, 4) is 17.2 Å². The highest BCUT2D eigenvalue weighted by Crippen LogP contribution is 2.37. The van der Waals surface area contributed by atoms with Crippen LogP contribution in [0.5, 0.6) is 17.2 Å². The summed E-state index contributed by atoms with van der Waals surface area (Å²) in [5.74, 6) is 0.111. The molecular formula is C92H107Cl4F16N9O3. The van der Waals surface area contributed by atoms with Gasteiger partial charge in [-0.15, -0.1) is 0 Å². The number of hydrogen-bond donors (Lipinski definition) is 0. The van der Waals surface area contributed by atoms with E-state index in [2.05, 4.69) is 105 Å². The maximum atomic E-state index is 13.4. The molecule has 0 unspecified atom stereocenters. The molecule has 0 aliphatic rings. The highest BCUT2D eigenvalue weighted by molar-refractivity contribution is 6.58. The number of alkyl halides is 9. The zero-order valence-electron chi connectivity index (χ0n) is 72.7. The van der Waals surface area contributed by atoms with E-state index in [1.807, 2.05) is 106 Å². The molecule has 0 amide bonds. The summed E-state index contributed by atoms with van der Waals surface area (Å²) >= 11 is 21.9. The highest BCUT2D eigenvalue weighted by atomic mass is 35.5. The van der Waals surface area contributed by atoms with Crippen molar-refractivity contribution in [1.82, 2.24) is 44.9 Å². The minimum atomic E-state index is -4.51. The summed E-state index contributed by atoms with van der Waals surface area (Å²) in [5, 5.41) is 0. The molecule has 678 valence electrons. The molecule has 9 aromatic heterocycles. The summed E-state index contributed by atoms with van der Waals surface area (Å²) in [6.45, 7) is 34.5. The van der Waals surface area contributed by atoms with E-state index in [1.165, 1.54) is 54.6 Å². The van der Waals surface area contributed by atoms with Crippen LogP contribution in [0.15, 0.2) is 162 Å². The van der Waals surface area contributed by atoms with E-state index < -0.39 is 63.4 Å². The Hall–Kier alpha value is -9.77. The van der Waals surface area contributed by atoms with E-state index in [9.17, 15) is 70.2 Å². The monoisotopic (exact) mass is 1830 g/mol. The predicted molar refractivity (Wildman–Crippen MR) is 469 cm³/mol. The minimum absolute atomic E-state index is 0.0252. The normalized spacial score (nSPS) is 10.9. The van der Waals surface area contributed by atoms with E-state index in [1.54, 1.807) is 78.3 Å². The van der Waals surface area contributed by atoms with Gasteiger partial charge in [0, 0.05) is 88.8 Å². The molecule has 32 heteroatoms. The molecule has 0 bridgehead atoms. The number of nitrogens with zero attached hydrogens (tertiary/aromatic N) is 9. The Morgan fingerprint density at radius 3 is 0.960 bits per heavy atom. The quantitative estimate of drug-likeness (QED) is 0.0562. The summed E-state index contributed by atoms with van der Waals surface area (Å²) in [6, 6.07) is 18.8. The van der Waals surface area contributed by atoms with Crippen LogP contribution >= 0.6 is 46.4 Å². The average Bonchev–Trinajstić information content (AvgIpc) is 0.840. The lowest BCUT2D eigenvalue weighted by Gasteiger charge is -2.15. The molecule has 12 nitrogen and oxygen atoms in total. The number of aromatic nitrogens is 9. The van der Waals surface area contributed by atoms with Crippen LogP contribution < -0.4 is 14.2 Å². The van der Waals surface area contributed by atoms with Crippen LogP contribution in [-0.4, -0.2) is 65.4 Å². The number of hydrogen-bond acceptors (Lipinski definition) is 12. The van der Waals surface area contributed by atoms with Crippen molar-refractivity contribution in [2.75, 3.05) is 20.6 Å². The Bertz CT molecular complexity index is 4650. The van der Waals surface area contributed by atoms with Gasteiger partial charge < -0.3 is 14.2 Å². The molecule has 0 aliphatic heterocycles. The van der Waals surface area contributed by atoms with Crippen LogP contribution in [0.2, 0.25) is 0 Å². The third-order valence-corrected chi connectivity index (χ3v) is 16.6. The van der Waals surface area contributed by atoms with Crippen molar-refractivity contribution in [3.05, 3.63) is 281 Å². The topological polar surface area (TPSA) is 144 Å². The summed E-state index contributed by atoms with van der Waals surface area (Å²) in [4.78, 5) is 36.0. The molecule has 0 atom stereocenters. The molecule has 0 fully saturated rings. The molecule has 0 N–H and O–H groups in total. The molecule has 9 aromatic rings. The van der Waals surface area contributed by atoms with Crippen molar-refractivity contribution in [3.63, 3.8) is 0 Å². The Balaban J connectivity index is 0.000000698. The van der Waals surface area contributed by atoms with Gasteiger partial charge in [-0.1, -0.05) is 214 Å². The minimum Gasteiger partial charge on any atom is -0.461 e. The van der Waals surface area contributed by atoms with Crippen molar-refractivity contribution in [2.45, 2.75) is 211 Å². The number of pyridine rings is 9. The first-order chi connectivity index (χ1) is 58.2. The molecule has 0 saturated heterocycles. The first-order valence-electron chi connectivity index (χ1n) is 38.9. The van der Waals surface area contributed by atoms with Gasteiger partial charge in [0.1, 0.15) is 50.4 Å². The summed E-state index contributed by atoms with van der Waals surface area (Å²) in [7, 11) is 0. The number of halogens is 20. The summed E-state index contributed by atoms with van der Waals surface area (Å²) < 4.78 is 212. The lowest BCUT2D eigenvalue weighted by molar-refractivity contribution is -0.138. The second kappa shape index (κ2) is 59.2. The largest absolute Gasteiger partial charge is 0.461 e. The maximum Gasteiger partial charge on any atom is 0.418 e. The molecule has 0 spiro atoms. The van der Waals surface area contributed by atoms with Gasteiger partial charge in [-0.05, 0) is 162 Å². The lowest BCUT2D eigenvalue weighted by atomic mass is 10.0. The number of ether oxygens (including phenoxy) is 3. The van der Waals surface area contributed by atoms with Gasteiger partial charge in [0.15, 0.2) is 0 Å². The standard InChI is InChI=1S/C11H14FN.C11H15N.C10H10Cl2FN.C10H11Cl2N.C10H11F4NO.C10H12F3NO.C10H10F3N.C10H13F2NO.C10H11F2N/c1-4-5-9-6-10(12)11(8(2)3)13-7-9;1-4-5-10-6-7-11(9(2)3)12-8-10;1-6(2)10-8(13)3-7(5-14-10)4-9(11)12;1-7(2)9-4-3-8(6-13-9)5-10(11)12;1-6(2)9-8(10(12,13)14)3-7(4-15-9)16-5-11;1-6(2)9-8(10(12)13)3-7(4-14-9)15-5-11;1-6(2)10-8(11)3-7(5-14-10)4-9(12)13;1-7(2)10-8(4-11)3-9(5-13-10)14-6-12;1-7(2)9-4-3-8(6-13-9)5-10(11)12/h4-8H,1-3H3;4-9H,1-3H3;3-6H,1-2H3;3-7H,1-2H3;3-4,6H,5H2,1-2H3;3-4,6,10H,5H2,1-2H3;3-6H,1-2H3;3,5,7H,4,6H2,1-2H3;3-7H,1-2H3/b2*5-4+;;;;;;;. The molecule has 9 rings (SSSR count). The molecule has 0 radical (unpaired) electrons. The van der Waals surface area contributed by atoms with Crippen LogP contribution in [0.4, 0.5) is 70.2 Å². The van der Waals surface area contributed by atoms with E-state index in [4.69, 9.17) is 46.4 Å². The molecule has 0 saturated carbocycles. The van der Waals surface area contributed by atoms with Crippen LogP contribution in [0.25, 0.3) is 36.5 Å². The van der Waals surface area contributed by atoms with Crippen LogP contribution in [0.3, 0.4) is 0 Å². The summed E-state index contributed by atoms with van der Waals surface area (Å²) in [6.07, 6.45) is 14.9. The fourth-order valence-electron chi connectivity index (χ4n) is 10.2. The van der Waals surface area contributed by atoms with Crippen LogP contribution in [0.1, 0.15) is 299 Å². The Labute approximate surface area is 737 Å². The lowest BCUT2D eigenvalue weighted by Crippen LogP contribution is -2.12. The first-order valence-corrected chi connectivity index (χ1v) is 40.4. The van der Waals surface area contributed by atoms with Gasteiger partial charge in [-0.25, -0.2) is 39.5 Å². The van der Waals surface area contributed by atoms with Gasteiger partial charge in [0.2, 0.25) is 20.6 Å². The van der Waals surface area contributed by atoms with Crippen LogP contribution in [-0.2, 0) is 12.9 Å². The number of rotatable bonds is 23. The zero-order valence-corrected chi connectivity index (χ0v) is 75.7. The second-order valence-corrected chi connectivity index (χ2v) is 31.3. The van der Waals surface area contributed by atoms with Crippen molar-refractivity contribution >= 4 is 82.9 Å². The van der Waals surface area contributed by atoms with E-state index in [0.29, 0.717) is 69.0 Å². The van der Waals surface area contributed by atoms with Crippen molar-refractivity contribution in [2.24, 2.45) is 0 Å². The highest BCUT2D eigenvalue weighted by Gasteiger charge is 2.35. The van der Waals surface area contributed by atoms with Gasteiger partial charge in [-0.2, -0.15) is 30.7 Å². The van der Waals surface area contributed by atoms with Gasteiger partial charge in [-0.3, -0.25) is 44.9 Å².